The number of fused-ring (bicyclic) bond motifs is 3. The Hall–Kier alpha value is -3.66. The van der Waals surface area contributed by atoms with Crippen molar-refractivity contribution in [1.82, 2.24) is 29.0 Å². The van der Waals surface area contributed by atoms with Gasteiger partial charge >= 0.3 is 0 Å². The summed E-state index contributed by atoms with van der Waals surface area (Å²) < 4.78 is 34.6. The van der Waals surface area contributed by atoms with Crippen molar-refractivity contribution in [1.29, 1.82) is 5.26 Å². The highest BCUT2D eigenvalue weighted by Crippen LogP contribution is 2.38. The van der Waals surface area contributed by atoms with Crippen LogP contribution in [0.4, 0.5) is 4.39 Å². The Morgan fingerprint density at radius 2 is 2.03 bits per heavy atom. The number of imidazole rings is 1. The SMILES string of the molecule is CC1(C)CCC(c2noc(-c3ncn4c3c(=O)n(CCN3CCOCC3)c3c(C#N)c(F)ccc34)n2)O1. The Kier molecular flexibility index (Phi) is 5.78. The molecule has 0 aliphatic carbocycles. The van der Waals surface area contributed by atoms with Crippen LogP contribution < -0.4 is 5.56 Å². The Bertz CT molecular complexity index is 1590. The predicted molar refractivity (Wildman–Crippen MR) is 129 cm³/mol. The Morgan fingerprint density at radius 1 is 1.22 bits per heavy atom. The summed E-state index contributed by atoms with van der Waals surface area (Å²) in [6.45, 7) is 7.52. The van der Waals surface area contributed by atoms with Crippen LogP contribution in [0.15, 0.2) is 27.8 Å². The lowest BCUT2D eigenvalue weighted by Crippen LogP contribution is -2.39. The van der Waals surface area contributed by atoms with E-state index in [-0.39, 0.29) is 46.4 Å². The predicted octanol–water partition coefficient (Wildman–Crippen LogP) is 2.67. The molecule has 5 heterocycles. The van der Waals surface area contributed by atoms with Crippen molar-refractivity contribution in [2.45, 2.75) is 44.9 Å². The van der Waals surface area contributed by atoms with Crippen LogP contribution in [0.25, 0.3) is 28.1 Å². The molecule has 12 heteroatoms. The van der Waals surface area contributed by atoms with Gasteiger partial charge in [0.15, 0.2) is 5.69 Å². The van der Waals surface area contributed by atoms with Crippen LogP contribution >= 0.6 is 0 Å². The maximum absolute atomic E-state index is 14.7. The zero-order valence-corrected chi connectivity index (χ0v) is 20.6. The maximum Gasteiger partial charge on any atom is 0.279 e. The van der Waals surface area contributed by atoms with Gasteiger partial charge in [-0.05, 0) is 38.8 Å². The van der Waals surface area contributed by atoms with Gasteiger partial charge in [0.1, 0.15) is 35.4 Å². The molecular weight excluding hydrogens is 481 g/mol. The standard InChI is InChI=1S/C25H26FN7O4/c1-25(2)6-5-18(36-25)22-29-23(37-30-22)19-21-24(34)32(8-7-31-9-11-35-12-10-31)20-15(13-27)16(26)3-4-17(20)33(21)14-28-19/h3-4,14,18H,5-12H2,1-2H3. The molecule has 0 amide bonds. The molecule has 2 fully saturated rings. The number of hydrogen-bond acceptors (Lipinski definition) is 9. The minimum atomic E-state index is -0.685. The van der Waals surface area contributed by atoms with Gasteiger partial charge in [-0.2, -0.15) is 10.2 Å². The fraction of sp³-hybridized carbons (Fsp3) is 0.480. The largest absolute Gasteiger partial charge is 0.379 e. The second-order valence-electron chi connectivity index (χ2n) is 9.99. The van der Waals surface area contributed by atoms with Gasteiger partial charge in [-0.1, -0.05) is 5.16 Å². The van der Waals surface area contributed by atoms with Gasteiger partial charge in [0.2, 0.25) is 5.82 Å². The van der Waals surface area contributed by atoms with Crippen molar-refractivity contribution < 1.29 is 18.4 Å². The van der Waals surface area contributed by atoms with Crippen LogP contribution in [0.2, 0.25) is 0 Å². The van der Waals surface area contributed by atoms with Crippen LogP contribution in [0.1, 0.15) is 44.2 Å². The number of halogens is 1. The molecule has 3 aromatic heterocycles. The minimum absolute atomic E-state index is 0.101. The summed E-state index contributed by atoms with van der Waals surface area (Å²) >= 11 is 0. The molecule has 0 spiro atoms. The first-order chi connectivity index (χ1) is 17.9. The van der Waals surface area contributed by atoms with Gasteiger partial charge in [-0.3, -0.25) is 14.1 Å². The highest BCUT2D eigenvalue weighted by Gasteiger charge is 2.36. The van der Waals surface area contributed by atoms with E-state index in [9.17, 15) is 14.4 Å². The topological polar surface area (TPSA) is 124 Å². The highest BCUT2D eigenvalue weighted by molar-refractivity contribution is 5.87. The monoisotopic (exact) mass is 507 g/mol. The van der Waals surface area contributed by atoms with Crippen LogP contribution in [-0.4, -0.2) is 67.4 Å². The van der Waals surface area contributed by atoms with Crippen LogP contribution in [0.3, 0.4) is 0 Å². The van der Waals surface area contributed by atoms with Gasteiger partial charge in [-0.15, -0.1) is 0 Å². The molecule has 0 radical (unpaired) electrons. The summed E-state index contributed by atoms with van der Waals surface area (Å²) in [6, 6.07) is 4.70. The van der Waals surface area contributed by atoms with Gasteiger partial charge < -0.3 is 18.6 Å². The number of nitrogens with zero attached hydrogens (tertiary/aromatic N) is 7. The molecular formula is C25H26FN7O4. The summed E-state index contributed by atoms with van der Waals surface area (Å²) in [6.07, 6.45) is 2.79. The number of hydrogen-bond donors (Lipinski definition) is 0. The van der Waals surface area contributed by atoms with Crippen molar-refractivity contribution in [3.05, 3.63) is 46.0 Å². The third-order valence-electron chi connectivity index (χ3n) is 7.11. The van der Waals surface area contributed by atoms with Crippen LogP contribution in [-0.2, 0) is 16.0 Å². The molecule has 0 bridgehead atoms. The zero-order chi connectivity index (χ0) is 25.7. The first kappa shape index (κ1) is 23.7. The summed E-state index contributed by atoms with van der Waals surface area (Å²) in [5.74, 6) is -0.177. The lowest BCUT2D eigenvalue weighted by molar-refractivity contribution is -0.0207. The van der Waals surface area contributed by atoms with E-state index in [4.69, 9.17) is 14.0 Å². The summed E-state index contributed by atoms with van der Waals surface area (Å²) in [5, 5.41) is 13.8. The summed E-state index contributed by atoms with van der Waals surface area (Å²) in [5.41, 5.74) is 0.272. The van der Waals surface area contributed by atoms with E-state index in [0.717, 1.165) is 25.9 Å². The van der Waals surface area contributed by atoms with E-state index >= 15 is 0 Å². The molecule has 192 valence electrons. The molecule has 1 atom stereocenters. The van der Waals surface area contributed by atoms with Crippen molar-refractivity contribution in [2.75, 3.05) is 32.8 Å². The minimum Gasteiger partial charge on any atom is -0.379 e. The molecule has 0 N–H and O–H groups in total. The molecule has 4 aromatic rings. The van der Waals surface area contributed by atoms with Crippen molar-refractivity contribution in [3.63, 3.8) is 0 Å². The first-order valence-electron chi connectivity index (χ1n) is 12.3. The summed E-state index contributed by atoms with van der Waals surface area (Å²) in [7, 11) is 0. The molecule has 2 aliphatic rings. The van der Waals surface area contributed by atoms with Crippen molar-refractivity contribution >= 4 is 16.6 Å². The van der Waals surface area contributed by atoms with Gasteiger partial charge in [-0.25, -0.2) is 9.37 Å². The molecule has 6 rings (SSSR count). The van der Waals surface area contributed by atoms with E-state index in [1.54, 1.807) is 10.5 Å². The van der Waals surface area contributed by atoms with E-state index in [2.05, 4.69) is 20.0 Å². The lowest BCUT2D eigenvalue weighted by Gasteiger charge is -2.27. The molecule has 1 unspecified atom stereocenters. The van der Waals surface area contributed by atoms with E-state index in [1.165, 1.54) is 17.0 Å². The average Bonchev–Trinajstić information content (AvgIpc) is 3.62. The van der Waals surface area contributed by atoms with Gasteiger partial charge in [0.25, 0.3) is 11.4 Å². The summed E-state index contributed by atoms with van der Waals surface area (Å²) in [4.78, 5) is 25.0. The average molecular weight is 508 g/mol. The van der Waals surface area contributed by atoms with Crippen LogP contribution in [0, 0.1) is 17.1 Å². The van der Waals surface area contributed by atoms with Gasteiger partial charge in [0.05, 0.1) is 29.8 Å². The number of aromatic nitrogens is 5. The Balaban J connectivity index is 1.48. The molecule has 37 heavy (non-hydrogen) atoms. The molecule has 1 aromatic carbocycles. The zero-order valence-electron chi connectivity index (χ0n) is 20.6. The highest BCUT2D eigenvalue weighted by atomic mass is 19.1. The third kappa shape index (κ3) is 4.09. The van der Waals surface area contributed by atoms with Crippen molar-refractivity contribution in [3.8, 4) is 17.7 Å². The molecule has 0 saturated carbocycles. The number of morpholine rings is 1. The lowest BCUT2D eigenvalue weighted by atomic mass is 10.1. The van der Waals surface area contributed by atoms with Gasteiger partial charge in [0, 0.05) is 26.2 Å². The number of benzene rings is 1. The number of rotatable bonds is 5. The normalized spacial score (nSPS) is 20.1. The fourth-order valence-electron chi connectivity index (χ4n) is 5.16. The first-order valence-corrected chi connectivity index (χ1v) is 12.3. The van der Waals surface area contributed by atoms with E-state index in [0.29, 0.717) is 31.1 Å². The number of nitriles is 1. The quantitative estimate of drug-likeness (QED) is 0.401. The second kappa shape index (κ2) is 9.02. The number of ether oxygens (including phenoxy) is 2. The Morgan fingerprint density at radius 3 is 2.76 bits per heavy atom. The fourth-order valence-corrected chi connectivity index (χ4v) is 5.16. The Labute approximate surface area is 211 Å². The molecule has 2 saturated heterocycles. The smallest absolute Gasteiger partial charge is 0.279 e. The maximum atomic E-state index is 14.7. The van der Waals surface area contributed by atoms with Crippen molar-refractivity contribution in [2.24, 2.45) is 0 Å². The van der Waals surface area contributed by atoms with E-state index < -0.39 is 11.4 Å². The molecule has 2 aliphatic heterocycles. The molecule has 11 nitrogen and oxygen atoms in total. The third-order valence-corrected chi connectivity index (χ3v) is 7.11. The van der Waals surface area contributed by atoms with E-state index in [1.807, 2.05) is 19.9 Å². The second-order valence-corrected chi connectivity index (χ2v) is 9.99. The van der Waals surface area contributed by atoms with Crippen LogP contribution in [0.5, 0.6) is 0 Å².